The Bertz CT molecular complexity index is 3210. The van der Waals surface area contributed by atoms with Gasteiger partial charge in [0.15, 0.2) is 5.84 Å². The fourth-order valence-electron chi connectivity index (χ4n) is 8.19. The van der Waals surface area contributed by atoms with E-state index >= 15 is 0 Å². The number of benzene rings is 9. The van der Waals surface area contributed by atoms with E-state index in [9.17, 15) is 0 Å². The van der Waals surface area contributed by atoms with Gasteiger partial charge < -0.3 is 0 Å². The van der Waals surface area contributed by atoms with Gasteiger partial charge in [0.1, 0.15) is 0 Å². The summed E-state index contributed by atoms with van der Waals surface area (Å²) in [5.74, 6) is 0.636. The average Bonchev–Trinajstić information content (AvgIpc) is 3.68. The molecule has 0 atom stereocenters. The molecule has 10 aromatic rings. The van der Waals surface area contributed by atoms with Crippen molar-refractivity contribution in [1.29, 1.82) is 0 Å². The van der Waals surface area contributed by atoms with E-state index in [0.717, 1.165) is 27.8 Å². The first-order valence-electron chi connectivity index (χ1n) is 19.6. The van der Waals surface area contributed by atoms with Crippen LogP contribution in [0.1, 0.15) is 23.6 Å². The van der Waals surface area contributed by atoms with Crippen molar-refractivity contribution in [2.45, 2.75) is 6.92 Å². The lowest BCUT2D eigenvalue weighted by molar-refractivity contribution is 1.45. The van der Waals surface area contributed by atoms with E-state index in [2.05, 4.69) is 177 Å². The highest BCUT2D eigenvalue weighted by Crippen LogP contribution is 2.46. The van der Waals surface area contributed by atoms with Gasteiger partial charge in [-0.25, -0.2) is 9.98 Å². The molecule has 0 aliphatic heterocycles. The van der Waals surface area contributed by atoms with Crippen molar-refractivity contribution in [1.82, 2.24) is 0 Å². The van der Waals surface area contributed by atoms with Gasteiger partial charge in [-0.2, -0.15) is 0 Å². The Hall–Kier alpha value is -7.20. The Labute approximate surface area is 342 Å². The molecular weight excluding hydrogens is 721 g/mol. The third-order valence-electron chi connectivity index (χ3n) is 11.1. The van der Waals surface area contributed by atoms with Crippen LogP contribution in [0.2, 0.25) is 0 Å². The predicted octanol–water partition coefficient (Wildman–Crippen LogP) is 15.3. The lowest BCUT2D eigenvalue weighted by Crippen LogP contribution is -2.05. The van der Waals surface area contributed by atoms with Gasteiger partial charge in [-0.3, -0.25) is 0 Å². The molecule has 0 radical (unpaired) electrons. The Kier molecular flexibility index (Phi) is 9.14. The Morgan fingerprint density at radius 2 is 0.983 bits per heavy atom. The smallest absolute Gasteiger partial charge is 0.160 e. The second kappa shape index (κ2) is 15.0. The van der Waals surface area contributed by atoms with Crippen molar-refractivity contribution in [3.8, 4) is 33.4 Å². The lowest BCUT2D eigenvalue weighted by Gasteiger charge is -2.13. The van der Waals surface area contributed by atoms with E-state index < -0.39 is 0 Å². The minimum absolute atomic E-state index is 0.636. The van der Waals surface area contributed by atoms with Crippen LogP contribution in [0.4, 0.5) is 0 Å². The van der Waals surface area contributed by atoms with Gasteiger partial charge >= 0.3 is 0 Å². The van der Waals surface area contributed by atoms with Gasteiger partial charge in [-0.05, 0) is 73.5 Å². The van der Waals surface area contributed by atoms with E-state index in [-0.39, 0.29) is 0 Å². The zero-order valence-corrected chi connectivity index (χ0v) is 32.9. The maximum absolute atomic E-state index is 5.34. The standard InChI is InChI=1S/C55H38N2S/c1-36(38-17-6-3-7-18-38)56-55(57-37(2)39-29-31-41(32-30-39)40-19-8-4-9-20-40)51-35-52-53(48-26-15-14-25-46(48)51)50-28-16-27-49(54(50)58-52)47-34-33-43(42-21-10-5-11-22-42)44-23-12-13-24-45(44)47/h3-35H,1H2,2H3. The van der Waals surface area contributed by atoms with Crippen LogP contribution in [0, 0.1) is 0 Å². The van der Waals surface area contributed by atoms with Crippen LogP contribution in [0.3, 0.4) is 0 Å². The molecule has 0 amide bonds. The van der Waals surface area contributed by atoms with Gasteiger partial charge in [0, 0.05) is 37.0 Å². The largest absolute Gasteiger partial charge is 0.233 e. The van der Waals surface area contributed by atoms with Crippen molar-refractivity contribution in [3.05, 3.63) is 223 Å². The molecule has 10 rings (SSSR count). The summed E-state index contributed by atoms with van der Waals surface area (Å²) in [5, 5.41) is 7.29. The number of hydrogen-bond acceptors (Lipinski definition) is 2. The predicted molar refractivity (Wildman–Crippen MR) is 251 cm³/mol. The first-order valence-corrected chi connectivity index (χ1v) is 20.4. The molecule has 3 heteroatoms. The summed E-state index contributed by atoms with van der Waals surface area (Å²) in [4.78, 5) is 10.6. The Morgan fingerprint density at radius 3 is 1.69 bits per heavy atom. The molecule has 0 N–H and O–H groups in total. The minimum atomic E-state index is 0.636. The molecule has 0 spiro atoms. The van der Waals surface area contributed by atoms with E-state index in [1.54, 1.807) is 0 Å². The van der Waals surface area contributed by atoms with Crippen LogP contribution >= 0.6 is 11.3 Å². The van der Waals surface area contributed by atoms with E-state index in [1.165, 1.54) is 69.7 Å². The van der Waals surface area contributed by atoms with Gasteiger partial charge in [-0.1, -0.05) is 201 Å². The number of rotatable bonds is 7. The summed E-state index contributed by atoms with van der Waals surface area (Å²) < 4.78 is 2.46. The monoisotopic (exact) mass is 758 g/mol. The van der Waals surface area contributed by atoms with Crippen molar-refractivity contribution >= 4 is 70.3 Å². The van der Waals surface area contributed by atoms with E-state index in [4.69, 9.17) is 9.98 Å². The number of hydrogen-bond donors (Lipinski definition) is 0. The average molecular weight is 759 g/mol. The molecule has 0 aliphatic rings. The summed E-state index contributed by atoms with van der Waals surface area (Å²) in [6.07, 6.45) is 0. The van der Waals surface area contributed by atoms with Crippen LogP contribution < -0.4 is 0 Å². The van der Waals surface area contributed by atoms with Gasteiger partial charge in [0.25, 0.3) is 0 Å². The Balaban J connectivity index is 1.16. The summed E-state index contributed by atoms with van der Waals surface area (Å²) in [6.45, 7) is 6.50. The van der Waals surface area contributed by atoms with Crippen LogP contribution in [0.15, 0.2) is 217 Å². The molecule has 9 aromatic carbocycles. The fourth-order valence-corrected chi connectivity index (χ4v) is 9.48. The van der Waals surface area contributed by atoms with Crippen molar-refractivity contribution in [2.75, 3.05) is 0 Å². The molecule has 0 unspecified atom stereocenters. The van der Waals surface area contributed by atoms with E-state index in [0.29, 0.717) is 11.5 Å². The molecule has 58 heavy (non-hydrogen) atoms. The molecule has 1 aromatic heterocycles. The van der Waals surface area contributed by atoms with Crippen molar-refractivity contribution in [2.24, 2.45) is 9.98 Å². The van der Waals surface area contributed by atoms with Crippen LogP contribution in [-0.4, -0.2) is 11.5 Å². The SMILES string of the molecule is C=C(N=C(N=C(C)c1ccc(-c2ccccc2)cc1)c1cc2sc3c(-c4ccc(-c5ccccc5)c5ccccc45)cccc3c2c2ccccc12)c1ccccc1. The topological polar surface area (TPSA) is 24.7 Å². The quantitative estimate of drug-likeness (QED) is 0.114. The maximum atomic E-state index is 5.34. The Morgan fingerprint density at radius 1 is 0.431 bits per heavy atom. The number of thiophene rings is 1. The highest BCUT2D eigenvalue weighted by molar-refractivity contribution is 7.26. The number of aliphatic imine (C=N–C) groups is 2. The van der Waals surface area contributed by atoms with Gasteiger partial charge in [-0.15, -0.1) is 11.3 Å². The first kappa shape index (κ1) is 35.2. The molecule has 274 valence electrons. The molecule has 0 saturated carbocycles. The third-order valence-corrected chi connectivity index (χ3v) is 12.3. The highest BCUT2D eigenvalue weighted by atomic mass is 32.1. The lowest BCUT2D eigenvalue weighted by atomic mass is 9.91. The zero-order valence-electron chi connectivity index (χ0n) is 32.1. The molecular formula is C55H38N2S. The number of nitrogens with zero attached hydrogens (tertiary/aromatic N) is 2. The van der Waals surface area contributed by atoms with Crippen LogP contribution in [0.5, 0.6) is 0 Å². The van der Waals surface area contributed by atoms with Crippen LogP contribution in [-0.2, 0) is 0 Å². The second-order valence-electron chi connectivity index (χ2n) is 14.6. The second-order valence-corrected chi connectivity index (χ2v) is 15.6. The zero-order chi connectivity index (χ0) is 39.0. The minimum Gasteiger partial charge on any atom is -0.233 e. The molecule has 0 bridgehead atoms. The third kappa shape index (κ3) is 6.42. The fraction of sp³-hybridized carbons (Fsp3) is 0.0182. The normalized spacial score (nSPS) is 12.2. The summed E-state index contributed by atoms with van der Waals surface area (Å²) in [6, 6.07) is 71.0. The summed E-state index contributed by atoms with van der Waals surface area (Å²) >= 11 is 1.84. The number of fused-ring (bicyclic) bond motifs is 6. The molecule has 2 nitrogen and oxygen atoms in total. The maximum Gasteiger partial charge on any atom is 0.160 e. The molecule has 1 heterocycles. The summed E-state index contributed by atoms with van der Waals surface area (Å²) in [5.41, 5.74) is 11.8. The van der Waals surface area contributed by atoms with E-state index in [1.807, 2.05) is 47.7 Å². The highest BCUT2D eigenvalue weighted by Gasteiger charge is 2.19. The molecule has 0 fully saturated rings. The molecule has 0 aliphatic carbocycles. The first-order chi connectivity index (χ1) is 28.6. The van der Waals surface area contributed by atoms with Gasteiger partial charge in [0.05, 0.1) is 5.70 Å². The van der Waals surface area contributed by atoms with Crippen LogP contribution in [0.25, 0.3) is 80.8 Å². The van der Waals surface area contributed by atoms with Gasteiger partial charge in [0.2, 0.25) is 0 Å². The summed E-state index contributed by atoms with van der Waals surface area (Å²) in [7, 11) is 0. The molecule has 0 saturated heterocycles. The van der Waals surface area contributed by atoms with Crippen molar-refractivity contribution < 1.29 is 0 Å². The van der Waals surface area contributed by atoms with Crippen molar-refractivity contribution in [3.63, 3.8) is 0 Å². The number of amidine groups is 1.